The maximum Gasteiger partial charge on any atom is 0.137 e. The zero-order valence-electron chi connectivity index (χ0n) is 11.6. The average molecular weight is 249 g/mol. The van der Waals surface area contributed by atoms with Crippen molar-refractivity contribution in [2.45, 2.75) is 33.2 Å². The number of piperazine rings is 1. The molecule has 100 valence electrons. The van der Waals surface area contributed by atoms with Crippen molar-refractivity contribution in [2.24, 2.45) is 0 Å². The van der Waals surface area contributed by atoms with Gasteiger partial charge in [0, 0.05) is 37.8 Å². The molecule has 0 bridgehead atoms. The molecule has 5 nitrogen and oxygen atoms in total. The molecule has 0 aliphatic carbocycles. The van der Waals surface area contributed by atoms with Gasteiger partial charge in [-0.3, -0.25) is 4.90 Å². The highest BCUT2D eigenvalue weighted by Crippen LogP contribution is 2.23. The Balaban J connectivity index is 2.12. The van der Waals surface area contributed by atoms with Crippen molar-refractivity contribution in [1.82, 2.24) is 14.9 Å². The van der Waals surface area contributed by atoms with Gasteiger partial charge in [-0.1, -0.05) is 6.92 Å². The van der Waals surface area contributed by atoms with E-state index in [-0.39, 0.29) is 0 Å². The van der Waals surface area contributed by atoms with E-state index in [1.807, 2.05) is 0 Å². The van der Waals surface area contributed by atoms with Crippen LogP contribution in [0.5, 0.6) is 0 Å². The largest absolute Gasteiger partial charge is 0.383 e. The second-order valence-corrected chi connectivity index (χ2v) is 5.03. The minimum Gasteiger partial charge on any atom is -0.383 e. The molecule has 0 amide bonds. The first-order valence-electron chi connectivity index (χ1n) is 6.71. The Bertz CT molecular complexity index is 396. The highest BCUT2D eigenvalue weighted by molar-refractivity contribution is 5.56. The molecule has 1 fully saturated rings. The fourth-order valence-corrected chi connectivity index (χ4v) is 2.48. The standard InChI is InChI=1S/C13H23N5/c1-4-11-12(14)15-9-16-13(11)18-7-5-17(6-8-18)10(2)3/h9-10H,4-8H2,1-3H3,(H2,14,15,16). The average Bonchev–Trinajstić information content (AvgIpc) is 2.38. The van der Waals surface area contributed by atoms with Gasteiger partial charge in [-0.15, -0.1) is 0 Å². The molecular weight excluding hydrogens is 226 g/mol. The van der Waals surface area contributed by atoms with Crippen LogP contribution in [-0.2, 0) is 6.42 Å². The second-order valence-electron chi connectivity index (χ2n) is 5.03. The second kappa shape index (κ2) is 5.52. The van der Waals surface area contributed by atoms with Crippen LogP contribution in [0.2, 0.25) is 0 Å². The zero-order chi connectivity index (χ0) is 13.1. The third-order valence-corrected chi connectivity index (χ3v) is 3.65. The van der Waals surface area contributed by atoms with Crippen molar-refractivity contribution in [3.63, 3.8) is 0 Å². The van der Waals surface area contributed by atoms with E-state index in [0.717, 1.165) is 44.0 Å². The molecule has 1 aliphatic rings. The fraction of sp³-hybridized carbons (Fsp3) is 0.692. The van der Waals surface area contributed by atoms with E-state index in [2.05, 4.69) is 40.5 Å². The minimum atomic E-state index is 0.619. The van der Waals surface area contributed by atoms with Crippen LogP contribution in [0.25, 0.3) is 0 Å². The maximum absolute atomic E-state index is 5.93. The first kappa shape index (κ1) is 13.1. The molecule has 2 N–H and O–H groups in total. The van der Waals surface area contributed by atoms with Crippen LogP contribution in [0.1, 0.15) is 26.3 Å². The van der Waals surface area contributed by atoms with Gasteiger partial charge in [-0.25, -0.2) is 9.97 Å². The molecule has 0 unspecified atom stereocenters. The minimum absolute atomic E-state index is 0.619. The Morgan fingerprint density at radius 1 is 1.22 bits per heavy atom. The van der Waals surface area contributed by atoms with Crippen molar-refractivity contribution < 1.29 is 0 Å². The number of nitrogens with two attached hydrogens (primary N) is 1. The predicted octanol–water partition coefficient (Wildman–Crippen LogP) is 1.15. The summed E-state index contributed by atoms with van der Waals surface area (Å²) in [4.78, 5) is 13.3. The predicted molar refractivity (Wildman–Crippen MR) is 74.7 cm³/mol. The molecule has 2 heterocycles. The van der Waals surface area contributed by atoms with E-state index in [1.165, 1.54) is 0 Å². The van der Waals surface area contributed by atoms with Crippen molar-refractivity contribution >= 4 is 11.6 Å². The van der Waals surface area contributed by atoms with E-state index in [1.54, 1.807) is 6.33 Å². The van der Waals surface area contributed by atoms with Crippen LogP contribution >= 0.6 is 0 Å². The van der Waals surface area contributed by atoms with Gasteiger partial charge in [0.05, 0.1) is 0 Å². The molecule has 0 radical (unpaired) electrons. The number of nitrogen functional groups attached to an aromatic ring is 1. The molecule has 18 heavy (non-hydrogen) atoms. The molecule has 1 saturated heterocycles. The molecule has 5 heteroatoms. The monoisotopic (exact) mass is 249 g/mol. The first-order chi connectivity index (χ1) is 8.63. The first-order valence-corrected chi connectivity index (χ1v) is 6.71. The quantitative estimate of drug-likeness (QED) is 0.871. The van der Waals surface area contributed by atoms with Gasteiger partial charge in [0.1, 0.15) is 18.0 Å². The van der Waals surface area contributed by atoms with E-state index < -0.39 is 0 Å². The summed E-state index contributed by atoms with van der Waals surface area (Å²) in [6.45, 7) is 10.8. The SMILES string of the molecule is CCc1c(N)ncnc1N1CCN(C(C)C)CC1. The lowest BCUT2D eigenvalue weighted by atomic mass is 10.2. The van der Waals surface area contributed by atoms with Gasteiger partial charge < -0.3 is 10.6 Å². The number of aromatic nitrogens is 2. The molecule has 1 aromatic heterocycles. The fourth-order valence-electron chi connectivity index (χ4n) is 2.48. The Kier molecular flexibility index (Phi) is 4.01. The molecule has 0 atom stereocenters. The summed E-state index contributed by atoms with van der Waals surface area (Å²) in [5, 5.41) is 0. The van der Waals surface area contributed by atoms with Crippen LogP contribution in [-0.4, -0.2) is 47.1 Å². The van der Waals surface area contributed by atoms with E-state index in [9.17, 15) is 0 Å². The smallest absolute Gasteiger partial charge is 0.137 e. The van der Waals surface area contributed by atoms with Gasteiger partial charge in [0.25, 0.3) is 0 Å². The summed E-state index contributed by atoms with van der Waals surface area (Å²) in [7, 11) is 0. The number of anilines is 2. The Morgan fingerprint density at radius 2 is 1.89 bits per heavy atom. The van der Waals surface area contributed by atoms with Crippen LogP contribution in [0.3, 0.4) is 0 Å². The van der Waals surface area contributed by atoms with Crippen LogP contribution in [0.4, 0.5) is 11.6 Å². The van der Waals surface area contributed by atoms with Crippen molar-refractivity contribution in [3.8, 4) is 0 Å². The molecule has 1 aromatic rings. The number of hydrogen-bond acceptors (Lipinski definition) is 5. The van der Waals surface area contributed by atoms with Crippen LogP contribution < -0.4 is 10.6 Å². The third kappa shape index (κ3) is 2.56. The summed E-state index contributed by atoms with van der Waals surface area (Å²) in [5.41, 5.74) is 7.01. The molecular formula is C13H23N5. The summed E-state index contributed by atoms with van der Waals surface area (Å²) < 4.78 is 0. The highest BCUT2D eigenvalue weighted by Gasteiger charge is 2.22. The number of rotatable bonds is 3. The summed E-state index contributed by atoms with van der Waals surface area (Å²) in [5.74, 6) is 1.64. The number of nitrogens with zero attached hydrogens (tertiary/aromatic N) is 4. The molecule has 1 aliphatic heterocycles. The van der Waals surface area contributed by atoms with Gasteiger partial charge in [-0.2, -0.15) is 0 Å². The summed E-state index contributed by atoms with van der Waals surface area (Å²) >= 11 is 0. The van der Waals surface area contributed by atoms with Crippen molar-refractivity contribution in [1.29, 1.82) is 0 Å². The molecule has 0 aromatic carbocycles. The van der Waals surface area contributed by atoms with Gasteiger partial charge in [0.2, 0.25) is 0 Å². The van der Waals surface area contributed by atoms with Crippen molar-refractivity contribution in [2.75, 3.05) is 36.8 Å². The summed E-state index contributed by atoms with van der Waals surface area (Å²) in [6.07, 6.45) is 2.45. The van der Waals surface area contributed by atoms with E-state index in [0.29, 0.717) is 11.9 Å². The van der Waals surface area contributed by atoms with E-state index in [4.69, 9.17) is 5.73 Å². The lowest BCUT2D eigenvalue weighted by molar-refractivity contribution is 0.209. The Morgan fingerprint density at radius 3 is 2.44 bits per heavy atom. The topological polar surface area (TPSA) is 58.3 Å². The van der Waals surface area contributed by atoms with Gasteiger partial charge in [-0.05, 0) is 20.3 Å². The summed E-state index contributed by atoms with van der Waals surface area (Å²) in [6, 6.07) is 0.619. The Hall–Kier alpha value is -1.36. The molecule has 0 spiro atoms. The van der Waals surface area contributed by atoms with Crippen molar-refractivity contribution in [3.05, 3.63) is 11.9 Å². The van der Waals surface area contributed by atoms with Gasteiger partial charge >= 0.3 is 0 Å². The van der Waals surface area contributed by atoms with Crippen LogP contribution in [0, 0.1) is 0 Å². The third-order valence-electron chi connectivity index (χ3n) is 3.65. The van der Waals surface area contributed by atoms with Gasteiger partial charge in [0.15, 0.2) is 0 Å². The zero-order valence-corrected chi connectivity index (χ0v) is 11.6. The van der Waals surface area contributed by atoms with Crippen LogP contribution in [0.15, 0.2) is 6.33 Å². The highest BCUT2D eigenvalue weighted by atomic mass is 15.3. The Labute approximate surface area is 109 Å². The maximum atomic E-state index is 5.93. The normalized spacial score (nSPS) is 17.4. The van der Waals surface area contributed by atoms with E-state index >= 15 is 0 Å². The lowest BCUT2D eigenvalue weighted by Gasteiger charge is -2.38. The molecule has 2 rings (SSSR count). The number of hydrogen-bond donors (Lipinski definition) is 1. The molecule has 0 saturated carbocycles. The lowest BCUT2D eigenvalue weighted by Crippen LogP contribution is -2.49.